The number of rotatable bonds is 14. The van der Waals surface area contributed by atoms with Crippen molar-refractivity contribution in [3.63, 3.8) is 0 Å². The Hall–Kier alpha value is -4.02. The third-order valence-corrected chi connectivity index (χ3v) is 7.36. The maximum atomic E-state index is 13.9. The Morgan fingerprint density at radius 2 is 1.59 bits per heavy atom. The number of ketones is 2. The summed E-state index contributed by atoms with van der Waals surface area (Å²) in [5, 5.41) is 10.6. The normalized spacial score (nSPS) is 16.2. The second kappa shape index (κ2) is 19.5. The first kappa shape index (κ1) is 40.0. The van der Waals surface area contributed by atoms with Crippen molar-refractivity contribution in [3.8, 4) is 0 Å². The molecule has 46 heavy (non-hydrogen) atoms. The minimum atomic E-state index is -1.03. The van der Waals surface area contributed by atoms with Crippen LogP contribution in [-0.4, -0.2) is 77.5 Å². The van der Waals surface area contributed by atoms with E-state index in [1.54, 1.807) is 51.1 Å². The largest absolute Gasteiger partial charge is 0.346 e. The van der Waals surface area contributed by atoms with Crippen LogP contribution in [0.4, 0.5) is 4.79 Å². The fourth-order valence-corrected chi connectivity index (χ4v) is 4.98. The molecule has 256 valence electrons. The van der Waals surface area contributed by atoms with Gasteiger partial charge in [-0.1, -0.05) is 105 Å². The summed E-state index contributed by atoms with van der Waals surface area (Å²) in [5.41, 5.74) is -0.271. The molecule has 0 aromatic heterocycles. The molecule has 1 aromatic carbocycles. The Kier molecular flexibility index (Phi) is 16.9. The van der Waals surface area contributed by atoms with Crippen molar-refractivity contribution in [1.82, 2.24) is 26.2 Å². The van der Waals surface area contributed by atoms with Crippen LogP contribution in [0.15, 0.2) is 43.0 Å². The molecule has 1 aliphatic rings. The van der Waals surface area contributed by atoms with Gasteiger partial charge in [0.05, 0.1) is 12.1 Å². The molecule has 11 heteroatoms. The van der Waals surface area contributed by atoms with Gasteiger partial charge in [0.2, 0.25) is 17.6 Å². The molecular formula is C35H55N5O6. The summed E-state index contributed by atoms with van der Waals surface area (Å²) < 4.78 is 0. The zero-order chi connectivity index (χ0) is 35.0. The van der Waals surface area contributed by atoms with Crippen LogP contribution in [0.1, 0.15) is 97.9 Å². The summed E-state index contributed by atoms with van der Waals surface area (Å²) in [7, 11) is 0. The van der Waals surface area contributed by atoms with E-state index < -0.39 is 59.1 Å². The van der Waals surface area contributed by atoms with Crippen molar-refractivity contribution in [3.05, 3.63) is 48.6 Å². The zero-order valence-corrected chi connectivity index (χ0v) is 28.9. The standard InChI is InChI=1S/C32H47N5O6.C3H8/c1-8-14-22(26(39)29(41)33-18-9-2)34-28(40)23-17-13-19-37(23)30(42)27(32(5,6)7)36-31(43)35-24(20(3)4)25(38)21-15-11-10-12-16-21;1-3-2/h9-12,15-16,20,22-24,27H,2,8,13-14,17-19H2,1,3-7H3,(H,33,41)(H,34,40)(H2,35,36,43);3H2,1-2H3/t22?,23-,24?,27?;/m0./s1. The van der Waals surface area contributed by atoms with Crippen LogP contribution < -0.4 is 21.3 Å². The van der Waals surface area contributed by atoms with E-state index in [0.717, 1.165) is 0 Å². The third kappa shape index (κ3) is 12.1. The molecule has 3 unspecified atom stereocenters. The molecule has 4 N–H and O–H groups in total. The fraction of sp³-hybridized carbons (Fsp3) is 0.600. The van der Waals surface area contributed by atoms with Crippen LogP contribution in [-0.2, 0) is 19.2 Å². The number of carbonyl (C=O) groups excluding carboxylic acids is 6. The quantitative estimate of drug-likeness (QED) is 0.136. The van der Waals surface area contributed by atoms with Gasteiger partial charge in [0.25, 0.3) is 5.91 Å². The topological polar surface area (TPSA) is 154 Å². The van der Waals surface area contributed by atoms with Gasteiger partial charge in [-0.3, -0.25) is 24.0 Å². The number of benzene rings is 1. The minimum absolute atomic E-state index is 0.120. The molecule has 11 nitrogen and oxygen atoms in total. The number of nitrogens with zero attached hydrogens (tertiary/aromatic N) is 1. The second-order valence-electron chi connectivity index (χ2n) is 13.0. The summed E-state index contributed by atoms with van der Waals surface area (Å²) in [5.74, 6) is -3.01. The lowest BCUT2D eigenvalue weighted by Crippen LogP contribution is -2.61. The van der Waals surface area contributed by atoms with E-state index in [1.807, 2.05) is 20.8 Å². The van der Waals surface area contributed by atoms with Crippen LogP contribution in [0, 0.1) is 11.3 Å². The molecule has 4 atom stereocenters. The maximum absolute atomic E-state index is 13.9. The number of Topliss-reactive ketones (excluding diaryl/α,β-unsaturated/α-hetero) is 2. The van der Waals surface area contributed by atoms with Gasteiger partial charge in [0.1, 0.15) is 12.1 Å². The van der Waals surface area contributed by atoms with Crippen molar-refractivity contribution in [1.29, 1.82) is 0 Å². The lowest BCUT2D eigenvalue weighted by atomic mass is 9.85. The Morgan fingerprint density at radius 1 is 0.978 bits per heavy atom. The highest BCUT2D eigenvalue weighted by Crippen LogP contribution is 2.26. The van der Waals surface area contributed by atoms with Crippen LogP contribution >= 0.6 is 0 Å². The van der Waals surface area contributed by atoms with E-state index in [2.05, 4.69) is 41.7 Å². The molecule has 5 amide bonds. The Balaban J connectivity index is 0.00000338. The average Bonchev–Trinajstić information content (AvgIpc) is 3.50. The first-order chi connectivity index (χ1) is 21.6. The average molecular weight is 642 g/mol. The summed E-state index contributed by atoms with van der Waals surface area (Å²) in [6.45, 7) is 19.1. The van der Waals surface area contributed by atoms with Gasteiger partial charge in [-0.15, -0.1) is 6.58 Å². The molecule has 0 saturated carbocycles. The highest BCUT2D eigenvalue weighted by Gasteiger charge is 2.43. The number of urea groups is 1. The number of amides is 5. The minimum Gasteiger partial charge on any atom is -0.346 e. The molecule has 0 bridgehead atoms. The van der Waals surface area contributed by atoms with Crippen molar-refractivity contribution in [2.75, 3.05) is 13.1 Å². The van der Waals surface area contributed by atoms with Crippen molar-refractivity contribution < 1.29 is 28.8 Å². The van der Waals surface area contributed by atoms with E-state index in [4.69, 9.17) is 0 Å². The first-order valence-corrected chi connectivity index (χ1v) is 16.3. The monoisotopic (exact) mass is 641 g/mol. The summed E-state index contributed by atoms with van der Waals surface area (Å²) in [4.78, 5) is 80.0. The van der Waals surface area contributed by atoms with E-state index in [9.17, 15) is 28.8 Å². The molecule has 2 rings (SSSR count). The Bertz CT molecular complexity index is 1190. The molecule has 1 aliphatic heterocycles. The van der Waals surface area contributed by atoms with Crippen LogP contribution in [0.2, 0.25) is 0 Å². The molecule has 1 saturated heterocycles. The predicted octanol–water partition coefficient (Wildman–Crippen LogP) is 4.17. The van der Waals surface area contributed by atoms with E-state index in [0.29, 0.717) is 31.4 Å². The SMILES string of the molecule is C=CCNC(=O)C(=O)C(CCC)NC(=O)[C@@H]1CCCN1C(=O)C(NC(=O)NC(C(=O)c1ccccc1)C(C)C)C(C)(C)C.CCC. The van der Waals surface area contributed by atoms with Gasteiger partial charge >= 0.3 is 6.03 Å². The number of carbonyl (C=O) groups is 6. The van der Waals surface area contributed by atoms with Crippen molar-refractivity contribution in [2.24, 2.45) is 11.3 Å². The third-order valence-electron chi connectivity index (χ3n) is 7.36. The summed E-state index contributed by atoms with van der Waals surface area (Å²) in [6.07, 6.45) is 4.44. The lowest BCUT2D eigenvalue weighted by molar-refractivity contribution is -0.143. The fourth-order valence-electron chi connectivity index (χ4n) is 4.98. The summed E-state index contributed by atoms with van der Waals surface area (Å²) >= 11 is 0. The van der Waals surface area contributed by atoms with Gasteiger partial charge in [-0.2, -0.15) is 0 Å². The molecule has 1 heterocycles. The second-order valence-corrected chi connectivity index (χ2v) is 13.0. The number of hydrogen-bond acceptors (Lipinski definition) is 6. The Morgan fingerprint density at radius 3 is 2.11 bits per heavy atom. The summed E-state index contributed by atoms with van der Waals surface area (Å²) in [6, 6.07) is 4.27. The zero-order valence-electron chi connectivity index (χ0n) is 28.9. The lowest BCUT2D eigenvalue weighted by Gasteiger charge is -2.36. The van der Waals surface area contributed by atoms with Gasteiger partial charge < -0.3 is 26.2 Å². The Labute approximate surface area is 274 Å². The maximum Gasteiger partial charge on any atom is 0.316 e. The molecule has 1 fully saturated rings. The van der Waals surface area contributed by atoms with Crippen LogP contribution in [0.25, 0.3) is 0 Å². The predicted molar refractivity (Wildman–Crippen MR) is 180 cm³/mol. The molecular weight excluding hydrogens is 586 g/mol. The highest BCUT2D eigenvalue weighted by atomic mass is 16.2. The van der Waals surface area contributed by atoms with Gasteiger partial charge in [-0.05, 0) is 30.6 Å². The van der Waals surface area contributed by atoms with Gasteiger partial charge in [0, 0.05) is 18.7 Å². The number of nitrogens with one attached hydrogen (secondary N) is 4. The molecule has 0 aliphatic carbocycles. The van der Waals surface area contributed by atoms with E-state index in [1.165, 1.54) is 17.4 Å². The number of hydrogen-bond donors (Lipinski definition) is 4. The van der Waals surface area contributed by atoms with E-state index in [-0.39, 0.29) is 24.7 Å². The molecule has 0 spiro atoms. The van der Waals surface area contributed by atoms with Crippen LogP contribution in [0.3, 0.4) is 0 Å². The van der Waals surface area contributed by atoms with Crippen LogP contribution in [0.5, 0.6) is 0 Å². The van der Waals surface area contributed by atoms with Crippen molar-refractivity contribution in [2.45, 2.75) is 112 Å². The molecule has 0 radical (unpaired) electrons. The van der Waals surface area contributed by atoms with Crippen molar-refractivity contribution >= 4 is 35.3 Å². The van der Waals surface area contributed by atoms with Gasteiger partial charge in [0.15, 0.2) is 5.78 Å². The smallest absolute Gasteiger partial charge is 0.316 e. The molecule has 1 aromatic rings. The highest BCUT2D eigenvalue weighted by molar-refractivity contribution is 6.38. The van der Waals surface area contributed by atoms with E-state index >= 15 is 0 Å². The number of likely N-dealkylation sites (tertiary alicyclic amines) is 1. The van der Waals surface area contributed by atoms with Gasteiger partial charge in [-0.25, -0.2) is 4.79 Å². The first-order valence-electron chi connectivity index (χ1n) is 16.3.